The van der Waals surface area contributed by atoms with Crippen LogP contribution < -0.4 is 5.32 Å². The van der Waals surface area contributed by atoms with Crippen LogP contribution in [0.15, 0.2) is 39.7 Å². The van der Waals surface area contributed by atoms with Gasteiger partial charge in [-0.3, -0.25) is 0 Å². The highest BCUT2D eigenvalue weighted by molar-refractivity contribution is 9.10. The standard InChI is InChI=1S/C11H9BrN2O3/c12-10-9(2-1-3-13-10)14-5-8-4-7(6-17-8)11(15)16/h1-4,6,14H,5H2,(H,15,16). The van der Waals surface area contributed by atoms with Gasteiger partial charge in [-0.05, 0) is 34.1 Å². The van der Waals surface area contributed by atoms with Crippen molar-refractivity contribution < 1.29 is 14.3 Å². The number of anilines is 1. The normalized spacial score (nSPS) is 10.2. The second-order valence-electron chi connectivity index (χ2n) is 3.30. The summed E-state index contributed by atoms with van der Waals surface area (Å²) < 4.78 is 5.81. The third kappa shape index (κ3) is 2.85. The zero-order valence-corrected chi connectivity index (χ0v) is 10.3. The molecule has 0 saturated carbocycles. The molecule has 2 aromatic heterocycles. The van der Waals surface area contributed by atoms with Crippen LogP contribution in [0.5, 0.6) is 0 Å². The summed E-state index contributed by atoms with van der Waals surface area (Å²) in [4.78, 5) is 14.7. The Balaban J connectivity index is 2.02. The molecule has 0 aliphatic heterocycles. The highest BCUT2D eigenvalue weighted by Crippen LogP contribution is 2.19. The first kappa shape index (κ1) is 11.7. The van der Waals surface area contributed by atoms with E-state index in [-0.39, 0.29) is 5.56 Å². The van der Waals surface area contributed by atoms with Gasteiger partial charge in [0.1, 0.15) is 16.6 Å². The Kier molecular flexibility index (Phi) is 3.43. The van der Waals surface area contributed by atoms with Crippen LogP contribution in [-0.4, -0.2) is 16.1 Å². The number of hydrogen-bond acceptors (Lipinski definition) is 4. The largest absolute Gasteiger partial charge is 0.478 e. The topological polar surface area (TPSA) is 75.4 Å². The van der Waals surface area contributed by atoms with Crippen molar-refractivity contribution in [2.75, 3.05) is 5.32 Å². The second kappa shape index (κ2) is 5.01. The van der Waals surface area contributed by atoms with Gasteiger partial charge in [0.15, 0.2) is 0 Å². The van der Waals surface area contributed by atoms with E-state index in [0.29, 0.717) is 16.9 Å². The zero-order valence-electron chi connectivity index (χ0n) is 8.68. The van der Waals surface area contributed by atoms with Gasteiger partial charge in [-0.2, -0.15) is 0 Å². The summed E-state index contributed by atoms with van der Waals surface area (Å²) in [7, 11) is 0. The molecule has 6 heteroatoms. The van der Waals surface area contributed by atoms with Gasteiger partial charge >= 0.3 is 5.97 Å². The first-order valence-electron chi connectivity index (χ1n) is 4.82. The molecule has 0 amide bonds. The van der Waals surface area contributed by atoms with Crippen LogP contribution in [-0.2, 0) is 6.54 Å². The van der Waals surface area contributed by atoms with Crippen LogP contribution >= 0.6 is 15.9 Å². The van der Waals surface area contributed by atoms with Gasteiger partial charge in [0, 0.05) is 6.20 Å². The van der Waals surface area contributed by atoms with Gasteiger partial charge in [0.2, 0.25) is 0 Å². The summed E-state index contributed by atoms with van der Waals surface area (Å²) in [5, 5.41) is 11.8. The Morgan fingerprint density at radius 1 is 1.59 bits per heavy atom. The molecular weight excluding hydrogens is 288 g/mol. The van der Waals surface area contributed by atoms with E-state index in [1.165, 1.54) is 12.3 Å². The molecule has 88 valence electrons. The molecule has 5 nitrogen and oxygen atoms in total. The number of aromatic nitrogens is 1. The molecule has 2 aromatic rings. The van der Waals surface area contributed by atoms with Crippen LogP contribution in [0.3, 0.4) is 0 Å². The van der Waals surface area contributed by atoms with Gasteiger partial charge in [-0.15, -0.1) is 0 Å². The number of nitrogens with zero attached hydrogens (tertiary/aromatic N) is 1. The van der Waals surface area contributed by atoms with Crippen LogP contribution in [0.25, 0.3) is 0 Å². The molecule has 0 unspecified atom stereocenters. The molecule has 0 atom stereocenters. The van der Waals surface area contributed by atoms with E-state index in [1.54, 1.807) is 12.3 Å². The van der Waals surface area contributed by atoms with Crippen molar-refractivity contribution in [2.45, 2.75) is 6.54 Å². The molecule has 0 radical (unpaired) electrons. The maximum atomic E-state index is 10.6. The second-order valence-corrected chi connectivity index (χ2v) is 4.05. The van der Waals surface area contributed by atoms with E-state index in [9.17, 15) is 4.79 Å². The SMILES string of the molecule is O=C(O)c1coc(CNc2cccnc2Br)c1. The van der Waals surface area contributed by atoms with E-state index in [4.69, 9.17) is 9.52 Å². The minimum absolute atomic E-state index is 0.145. The summed E-state index contributed by atoms with van der Waals surface area (Å²) >= 11 is 3.30. The summed E-state index contributed by atoms with van der Waals surface area (Å²) in [6.07, 6.45) is 2.89. The van der Waals surface area contributed by atoms with Crippen LogP contribution in [0, 0.1) is 0 Å². The molecule has 2 rings (SSSR count). The highest BCUT2D eigenvalue weighted by Gasteiger charge is 2.08. The maximum absolute atomic E-state index is 10.6. The number of aromatic carboxylic acids is 1. The van der Waals surface area contributed by atoms with E-state index in [2.05, 4.69) is 26.2 Å². The van der Waals surface area contributed by atoms with Gasteiger partial charge in [0.05, 0.1) is 17.8 Å². The number of pyridine rings is 1. The molecular formula is C11H9BrN2O3. The zero-order chi connectivity index (χ0) is 12.3. The molecule has 0 aliphatic rings. The predicted octanol–water partition coefficient (Wildman–Crippen LogP) is 2.75. The predicted molar refractivity (Wildman–Crippen MR) is 64.9 cm³/mol. The van der Waals surface area contributed by atoms with Crippen molar-refractivity contribution in [3.05, 3.63) is 46.6 Å². The van der Waals surface area contributed by atoms with E-state index in [0.717, 1.165) is 5.69 Å². The highest BCUT2D eigenvalue weighted by atomic mass is 79.9. The fraction of sp³-hybridized carbons (Fsp3) is 0.0909. The lowest BCUT2D eigenvalue weighted by molar-refractivity contribution is 0.0696. The quantitative estimate of drug-likeness (QED) is 0.849. The summed E-state index contributed by atoms with van der Waals surface area (Å²) in [6.45, 7) is 0.400. The molecule has 0 aliphatic carbocycles. The number of carboxylic acid groups (broad SMARTS) is 1. The molecule has 2 heterocycles. The lowest BCUT2D eigenvalue weighted by Crippen LogP contribution is -1.99. The molecule has 0 aromatic carbocycles. The number of carboxylic acids is 1. The Morgan fingerprint density at radius 3 is 3.06 bits per heavy atom. The number of rotatable bonds is 4. The Labute approximate surface area is 106 Å². The van der Waals surface area contributed by atoms with Crippen LogP contribution in [0.1, 0.15) is 16.1 Å². The van der Waals surface area contributed by atoms with E-state index >= 15 is 0 Å². The number of hydrogen-bond donors (Lipinski definition) is 2. The van der Waals surface area contributed by atoms with Gasteiger partial charge in [-0.25, -0.2) is 9.78 Å². The van der Waals surface area contributed by atoms with Crippen molar-refractivity contribution in [1.82, 2.24) is 4.98 Å². The molecule has 0 bridgehead atoms. The summed E-state index contributed by atoms with van der Waals surface area (Å²) in [5.74, 6) is -0.444. The van der Waals surface area contributed by atoms with Gasteiger partial charge in [-0.1, -0.05) is 0 Å². The number of furan rings is 1. The lowest BCUT2D eigenvalue weighted by atomic mass is 10.3. The van der Waals surface area contributed by atoms with Gasteiger partial charge < -0.3 is 14.8 Å². The molecule has 0 saturated heterocycles. The summed E-state index contributed by atoms with van der Waals surface area (Å²) in [5.41, 5.74) is 0.966. The maximum Gasteiger partial charge on any atom is 0.338 e. The Bertz CT molecular complexity index is 539. The van der Waals surface area contributed by atoms with Crippen molar-refractivity contribution in [2.24, 2.45) is 0 Å². The molecule has 0 spiro atoms. The fourth-order valence-electron chi connectivity index (χ4n) is 1.29. The first-order valence-corrected chi connectivity index (χ1v) is 5.61. The molecule has 2 N–H and O–H groups in total. The number of nitrogens with one attached hydrogen (secondary N) is 1. The minimum atomic E-state index is -0.998. The first-order chi connectivity index (χ1) is 8.16. The minimum Gasteiger partial charge on any atom is -0.478 e. The van der Waals surface area contributed by atoms with Crippen LogP contribution in [0.4, 0.5) is 5.69 Å². The fourth-order valence-corrected chi connectivity index (χ4v) is 1.68. The average molecular weight is 297 g/mol. The Hall–Kier alpha value is -1.82. The average Bonchev–Trinajstić information content (AvgIpc) is 2.77. The Morgan fingerprint density at radius 2 is 2.41 bits per heavy atom. The van der Waals surface area contributed by atoms with Crippen LogP contribution in [0.2, 0.25) is 0 Å². The third-order valence-electron chi connectivity index (χ3n) is 2.11. The summed E-state index contributed by atoms with van der Waals surface area (Å²) in [6, 6.07) is 5.15. The smallest absolute Gasteiger partial charge is 0.338 e. The van der Waals surface area contributed by atoms with Gasteiger partial charge in [0.25, 0.3) is 0 Å². The molecule has 17 heavy (non-hydrogen) atoms. The lowest BCUT2D eigenvalue weighted by Gasteiger charge is -2.04. The third-order valence-corrected chi connectivity index (χ3v) is 2.74. The van der Waals surface area contributed by atoms with Crippen molar-refractivity contribution >= 4 is 27.6 Å². The number of halogens is 1. The molecule has 0 fully saturated rings. The van der Waals surface area contributed by atoms with E-state index < -0.39 is 5.97 Å². The van der Waals surface area contributed by atoms with Crippen molar-refractivity contribution in [3.8, 4) is 0 Å². The van der Waals surface area contributed by atoms with Crippen molar-refractivity contribution in [1.29, 1.82) is 0 Å². The number of carbonyl (C=O) groups is 1. The monoisotopic (exact) mass is 296 g/mol. The van der Waals surface area contributed by atoms with Crippen molar-refractivity contribution in [3.63, 3.8) is 0 Å². The van der Waals surface area contributed by atoms with E-state index in [1.807, 2.05) is 6.07 Å².